The first kappa shape index (κ1) is 21.3. The van der Waals surface area contributed by atoms with E-state index in [1.165, 1.54) is 16.1 Å². The number of benzene rings is 1. The molecular formula is C19H23N5O4S2. The van der Waals surface area contributed by atoms with Crippen molar-refractivity contribution in [1.82, 2.24) is 19.1 Å². The van der Waals surface area contributed by atoms with Crippen LogP contribution >= 0.6 is 11.8 Å². The average Bonchev–Trinajstić information content (AvgIpc) is 3.43. The number of nitrogens with zero attached hydrogens (tertiary/aromatic N) is 5. The summed E-state index contributed by atoms with van der Waals surface area (Å²) in [7, 11) is -3.55. The van der Waals surface area contributed by atoms with Gasteiger partial charge in [0.1, 0.15) is 0 Å². The lowest BCUT2D eigenvalue weighted by atomic mass is 10.2. The lowest BCUT2D eigenvalue weighted by Crippen LogP contribution is -2.40. The molecule has 0 unspecified atom stereocenters. The summed E-state index contributed by atoms with van der Waals surface area (Å²) < 4.78 is 40.1. The number of aromatic nitrogens is 3. The molecule has 2 fully saturated rings. The molecule has 0 bridgehead atoms. The van der Waals surface area contributed by atoms with Gasteiger partial charge in [-0.05, 0) is 37.1 Å². The fourth-order valence-corrected chi connectivity index (χ4v) is 5.59. The Hall–Kier alpha value is -1.97. The average molecular weight is 450 g/mol. The Balaban J connectivity index is 1.60. The molecule has 1 atom stereocenters. The Bertz CT molecular complexity index is 1000. The van der Waals surface area contributed by atoms with Gasteiger partial charge in [0, 0.05) is 25.3 Å². The largest absolute Gasteiger partial charge is 0.379 e. The molecule has 30 heavy (non-hydrogen) atoms. The fraction of sp³-hybridized carbons (Fsp3) is 0.526. The highest BCUT2D eigenvalue weighted by Gasteiger charge is 2.27. The number of thioether (sulfide) groups is 1. The maximum atomic E-state index is 12.8. The zero-order valence-corrected chi connectivity index (χ0v) is 18.1. The van der Waals surface area contributed by atoms with Crippen LogP contribution in [-0.2, 0) is 26.0 Å². The van der Waals surface area contributed by atoms with Crippen LogP contribution in [0.2, 0.25) is 0 Å². The summed E-state index contributed by atoms with van der Waals surface area (Å²) in [5.41, 5.74) is 0.769. The van der Waals surface area contributed by atoms with Crippen LogP contribution in [0.5, 0.6) is 0 Å². The van der Waals surface area contributed by atoms with Crippen molar-refractivity contribution in [2.75, 3.05) is 38.7 Å². The summed E-state index contributed by atoms with van der Waals surface area (Å²) in [5.74, 6) is 0.918. The lowest BCUT2D eigenvalue weighted by molar-refractivity contribution is 0.0730. The first-order chi connectivity index (χ1) is 14.6. The fourth-order valence-electron chi connectivity index (χ4n) is 3.57. The van der Waals surface area contributed by atoms with Crippen LogP contribution in [0, 0.1) is 11.3 Å². The molecule has 11 heteroatoms. The summed E-state index contributed by atoms with van der Waals surface area (Å²) in [5, 5.41) is 18.1. The molecule has 1 aromatic heterocycles. The molecule has 2 saturated heterocycles. The molecule has 2 aliphatic rings. The van der Waals surface area contributed by atoms with Crippen LogP contribution in [-0.4, -0.2) is 72.3 Å². The quantitative estimate of drug-likeness (QED) is 0.588. The third kappa shape index (κ3) is 4.53. The molecule has 0 N–H and O–H groups in total. The minimum absolute atomic E-state index is 0.0853. The van der Waals surface area contributed by atoms with Gasteiger partial charge in [-0.25, -0.2) is 8.42 Å². The molecule has 0 radical (unpaired) electrons. The predicted octanol–water partition coefficient (Wildman–Crippen LogP) is 1.76. The Morgan fingerprint density at radius 1 is 1.17 bits per heavy atom. The van der Waals surface area contributed by atoms with Crippen LogP contribution in [0.15, 0.2) is 34.3 Å². The lowest BCUT2D eigenvalue weighted by Gasteiger charge is -2.26. The highest BCUT2D eigenvalue weighted by molar-refractivity contribution is 7.99. The van der Waals surface area contributed by atoms with Gasteiger partial charge in [0.25, 0.3) is 0 Å². The Morgan fingerprint density at radius 3 is 2.60 bits per heavy atom. The van der Waals surface area contributed by atoms with Crippen molar-refractivity contribution in [3.8, 4) is 17.5 Å². The number of sulfonamides is 1. The molecule has 0 spiro atoms. The number of nitriles is 1. The van der Waals surface area contributed by atoms with Crippen molar-refractivity contribution in [2.24, 2.45) is 0 Å². The second-order valence-corrected chi connectivity index (χ2v) is 9.92. The standard InChI is InChI=1S/C19H23N5O4S2/c20-7-13-29-19-22-21-18(24(19)14-16-2-1-10-28-16)15-3-5-17(6-4-15)30(25,26)23-8-11-27-12-9-23/h3-6,16H,1-2,8-14H2/t16-/m1/s1. The van der Waals surface area contributed by atoms with E-state index >= 15 is 0 Å². The van der Waals surface area contributed by atoms with Crippen LogP contribution in [0.3, 0.4) is 0 Å². The third-order valence-corrected chi connectivity index (χ3v) is 7.86. The van der Waals surface area contributed by atoms with Crippen molar-refractivity contribution in [3.63, 3.8) is 0 Å². The van der Waals surface area contributed by atoms with Gasteiger partial charge in [-0.3, -0.25) is 4.57 Å². The summed E-state index contributed by atoms with van der Waals surface area (Å²) >= 11 is 1.33. The zero-order chi connectivity index (χ0) is 21.0. The van der Waals surface area contributed by atoms with Gasteiger partial charge in [-0.2, -0.15) is 9.57 Å². The molecular weight excluding hydrogens is 426 g/mol. The Morgan fingerprint density at radius 2 is 1.93 bits per heavy atom. The normalized spacial score (nSPS) is 20.3. The van der Waals surface area contributed by atoms with Crippen molar-refractivity contribution >= 4 is 21.8 Å². The van der Waals surface area contributed by atoms with Crippen molar-refractivity contribution in [1.29, 1.82) is 5.26 Å². The monoisotopic (exact) mass is 449 g/mol. The number of hydrogen-bond acceptors (Lipinski definition) is 8. The molecule has 1 aromatic carbocycles. The summed E-state index contributed by atoms with van der Waals surface area (Å²) in [6.45, 7) is 2.89. The SMILES string of the molecule is N#CCSc1nnc(-c2ccc(S(=O)(=O)N3CCOCC3)cc2)n1C[C@H]1CCCO1. The van der Waals surface area contributed by atoms with E-state index in [0.29, 0.717) is 43.8 Å². The van der Waals surface area contributed by atoms with Crippen LogP contribution < -0.4 is 0 Å². The van der Waals surface area contributed by atoms with Gasteiger partial charge in [-0.1, -0.05) is 11.8 Å². The summed E-state index contributed by atoms with van der Waals surface area (Å²) in [4.78, 5) is 0.248. The van der Waals surface area contributed by atoms with Gasteiger partial charge in [0.2, 0.25) is 10.0 Å². The third-order valence-electron chi connectivity index (χ3n) is 5.11. The highest BCUT2D eigenvalue weighted by Crippen LogP contribution is 2.28. The van der Waals surface area contributed by atoms with Gasteiger partial charge >= 0.3 is 0 Å². The van der Waals surface area contributed by atoms with E-state index in [9.17, 15) is 8.42 Å². The molecule has 2 aliphatic heterocycles. The van der Waals surface area contributed by atoms with E-state index in [4.69, 9.17) is 14.7 Å². The van der Waals surface area contributed by atoms with E-state index in [0.717, 1.165) is 25.0 Å². The maximum absolute atomic E-state index is 12.8. The Kier molecular flexibility index (Phi) is 6.70. The van der Waals surface area contributed by atoms with Crippen molar-refractivity contribution in [2.45, 2.75) is 35.5 Å². The van der Waals surface area contributed by atoms with Gasteiger partial charge in [0.15, 0.2) is 11.0 Å². The van der Waals surface area contributed by atoms with Crippen LogP contribution in [0.25, 0.3) is 11.4 Å². The van der Waals surface area contributed by atoms with E-state index < -0.39 is 10.0 Å². The molecule has 3 heterocycles. The molecule has 9 nitrogen and oxygen atoms in total. The molecule has 0 aliphatic carbocycles. The first-order valence-electron chi connectivity index (χ1n) is 9.82. The van der Waals surface area contributed by atoms with Crippen LogP contribution in [0.1, 0.15) is 12.8 Å². The number of ether oxygens (including phenoxy) is 2. The van der Waals surface area contributed by atoms with E-state index in [1.807, 2.05) is 4.57 Å². The highest BCUT2D eigenvalue weighted by atomic mass is 32.2. The zero-order valence-electron chi connectivity index (χ0n) is 16.4. The first-order valence-corrected chi connectivity index (χ1v) is 12.2. The smallest absolute Gasteiger partial charge is 0.243 e. The van der Waals surface area contributed by atoms with E-state index in [2.05, 4.69) is 16.3 Å². The Labute approximate surface area is 180 Å². The van der Waals surface area contributed by atoms with Gasteiger partial charge in [-0.15, -0.1) is 10.2 Å². The molecule has 4 rings (SSSR count). The van der Waals surface area contributed by atoms with Gasteiger partial charge in [0.05, 0.1) is 42.6 Å². The molecule has 160 valence electrons. The molecule has 0 saturated carbocycles. The predicted molar refractivity (Wildman–Crippen MR) is 110 cm³/mol. The van der Waals surface area contributed by atoms with E-state index in [-0.39, 0.29) is 16.8 Å². The van der Waals surface area contributed by atoms with Gasteiger partial charge < -0.3 is 9.47 Å². The van der Waals surface area contributed by atoms with Crippen molar-refractivity contribution < 1.29 is 17.9 Å². The summed E-state index contributed by atoms with van der Waals surface area (Å²) in [6, 6.07) is 8.82. The summed E-state index contributed by atoms with van der Waals surface area (Å²) in [6.07, 6.45) is 2.08. The minimum atomic E-state index is -3.55. The van der Waals surface area contributed by atoms with Crippen LogP contribution in [0.4, 0.5) is 0 Å². The minimum Gasteiger partial charge on any atom is -0.379 e. The number of hydrogen-bond donors (Lipinski definition) is 0. The topological polar surface area (TPSA) is 110 Å². The number of morpholine rings is 1. The maximum Gasteiger partial charge on any atom is 0.243 e. The van der Waals surface area contributed by atoms with Crippen molar-refractivity contribution in [3.05, 3.63) is 24.3 Å². The second kappa shape index (κ2) is 9.45. The number of rotatable bonds is 7. The van der Waals surface area contributed by atoms with E-state index in [1.54, 1.807) is 24.3 Å². The second-order valence-electron chi connectivity index (χ2n) is 7.04. The molecule has 2 aromatic rings. The molecule has 0 amide bonds.